The molecule has 5 nitrogen and oxygen atoms in total. The number of hydrogen-bond donors (Lipinski definition) is 1. The number of halogens is 1. The standard InChI is InChI=1S/C19H20FN3O2S/c1-11-13(3)26-18-17(11)19(25)23(10-21-18)9-8-16(24)22-12(2)14-6-4-5-7-15(14)20/h4-7,10,12H,8-9H2,1-3H3,(H,22,24). The van der Waals surface area contributed by atoms with Crippen LogP contribution >= 0.6 is 11.3 Å². The molecule has 0 saturated carbocycles. The molecule has 1 amide bonds. The van der Waals surface area contributed by atoms with E-state index in [9.17, 15) is 14.0 Å². The van der Waals surface area contributed by atoms with Crippen LogP contribution in [0.4, 0.5) is 4.39 Å². The van der Waals surface area contributed by atoms with E-state index in [0.29, 0.717) is 10.9 Å². The number of amides is 1. The first-order valence-electron chi connectivity index (χ1n) is 8.37. The van der Waals surface area contributed by atoms with Gasteiger partial charge in [-0.25, -0.2) is 9.37 Å². The van der Waals surface area contributed by atoms with Crippen molar-refractivity contribution in [1.29, 1.82) is 0 Å². The molecule has 2 heterocycles. The van der Waals surface area contributed by atoms with Gasteiger partial charge >= 0.3 is 0 Å². The molecule has 1 N–H and O–H groups in total. The van der Waals surface area contributed by atoms with Gasteiger partial charge in [0.1, 0.15) is 10.6 Å². The molecule has 26 heavy (non-hydrogen) atoms. The van der Waals surface area contributed by atoms with Crippen molar-refractivity contribution in [2.45, 2.75) is 39.8 Å². The fourth-order valence-corrected chi connectivity index (χ4v) is 3.86. The minimum absolute atomic E-state index is 0.119. The topological polar surface area (TPSA) is 64.0 Å². The van der Waals surface area contributed by atoms with Gasteiger partial charge in [0, 0.05) is 23.4 Å². The van der Waals surface area contributed by atoms with Crippen LogP contribution in [0.3, 0.4) is 0 Å². The second-order valence-electron chi connectivity index (χ2n) is 6.27. The number of nitrogens with one attached hydrogen (secondary N) is 1. The highest BCUT2D eigenvalue weighted by Crippen LogP contribution is 2.25. The Morgan fingerprint density at radius 3 is 2.81 bits per heavy atom. The second kappa shape index (κ2) is 7.37. The maximum atomic E-state index is 13.8. The summed E-state index contributed by atoms with van der Waals surface area (Å²) in [7, 11) is 0. The summed E-state index contributed by atoms with van der Waals surface area (Å²) < 4.78 is 15.2. The Hall–Kier alpha value is -2.54. The lowest BCUT2D eigenvalue weighted by Crippen LogP contribution is -2.30. The number of carbonyl (C=O) groups is 1. The summed E-state index contributed by atoms with van der Waals surface area (Å²) in [5, 5.41) is 3.39. The molecule has 7 heteroatoms. The average Bonchev–Trinajstić information content (AvgIpc) is 2.89. The van der Waals surface area contributed by atoms with E-state index in [-0.39, 0.29) is 30.2 Å². The van der Waals surface area contributed by atoms with Gasteiger partial charge in [0.05, 0.1) is 17.8 Å². The average molecular weight is 373 g/mol. The summed E-state index contributed by atoms with van der Waals surface area (Å²) in [6.07, 6.45) is 1.60. The van der Waals surface area contributed by atoms with Crippen LogP contribution in [0.25, 0.3) is 10.2 Å². The lowest BCUT2D eigenvalue weighted by atomic mass is 10.1. The number of hydrogen-bond acceptors (Lipinski definition) is 4. The molecule has 1 atom stereocenters. The van der Waals surface area contributed by atoms with Crippen molar-refractivity contribution in [2.24, 2.45) is 0 Å². The molecule has 3 aromatic rings. The Balaban J connectivity index is 1.69. The third-order valence-electron chi connectivity index (χ3n) is 4.48. The third kappa shape index (κ3) is 3.53. The first-order chi connectivity index (χ1) is 12.4. The van der Waals surface area contributed by atoms with Crippen molar-refractivity contribution in [2.75, 3.05) is 0 Å². The van der Waals surface area contributed by atoms with Crippen LogP contribution in [-0.4, -0.2) is 15.5 Å². The number of thiophene rings is 1. The van der Waals surface area contributed by atoms with Gasteiger partial charge in [-0.1, -0.05) is 18.2 Å². The number of rotatable bonds is 5. The Labute approximate surface area is 154 Å². The van der Waals surface area contributed by atoms with Gasteiger partial charge in [0.25, 0.3) is 5.56 Å². The summed E-state index contributed by atoms with van der Waals surface area (Å²) in [6.45, 7) is 5.83. The van der Waals surface area contributed by atoms with E-state index in [2.05, 4.69) is 10.3 Å². The summed E-state index contributed by atoms with van der Waals surface area (Å²) in [5.41, 5.74) is 1.24. The maximum absolute atomic E-state index is 13.8. The Morgan fingerprint density at radius 1 is 1.35 bits per heavy atom. The fraction of sp³-hybridized carbons (Fsp3) is 0.316. The largest absolute Gasteiger partial charge is 0.349 e. The molecule has 0 aliphatic heterocycles. The highest BCUT2D eigenvalue weighted by Gasteiger charge is 2.15. The van der Waals surface area contributed by atoms with E-state index in [4.69, 9.17) is 0 Å². The van der Waals surface area contributed by atoms with Crippen molar-refractivity contribution < 1.29 is 9.18 Å². The molecule has 1 unspecified atom stereocenters. The van der Waals surface area contributed by atoms with E-state index in [1.807, 2.05) is 13.8 Å². The fourth-order valence-electron chi connectivity index (χ4n) is 2.87. The summed E-state index contributed by atoms with van der Waals surface area (Å²) in [5.74, 6) is -0.597. The molecular formula is C19H20FN3O2S. The third-order valence-corrected chi connectivity index (χ3v) is 5.60. The maximum Gasteiger partial charge on any atom is 0.262 e. The minimum Gasteiger partial charge on any atom is -0.349 e. The van der Waals surface area contributed by atoms with E-state index in [1.165, 1.54) is 28.3 Å². The summed E-state index contributed by atoms with van der Waals surface area (Å²) in [6, 6.07) is 5.90. The van der Waals surface area contributed by atoms with Gasteiger partial charge in [-0.15, -0.1) is 11.3 Å². The molecule has 1 aromatic carbocycles. The molecule has 3 rings (SSSR count). The van der Waals surface area contributed by atoms with Crippen molar-refractivity contribution in [3.05, 3.63) is 62.8 Å². The predicted molar refractivity (Wildman–Crippen MR) is 101 cm³/mol. The molecule has 0 spiro atoms. The van der Waals surface area contributed by atoms with Gasteiger partial charge in [-0.05, 0) is 32.4 Å². The van der Waals surface area contributed by atoms with Crippen LogP contribution in [0.2, 0.25) is 0 Å². The van der Waals surface area contributed by atoms with Gasteiger partial charge in [-0.3, -0.25) is 14.2 Å². The van der Waals surface area contributed by atoms with E-state index in [0.717, 1.165) is 15.3 Å². The lowest BCUT2D eigenvalue weighted by molar-refractivity contribution is -0.122. The number of aromatic nitrogens is 2. The molecule has 2 aromatic heterocycles. The number of carbonyl (C=O) groups excluding carboxylic acids is 1. The van der Waals surface area contributed by atoms with Gasteiger partial charge < -0.3 is 5.32 Å². The predicted octanol–water partition coefficient (Wildman–Crippen LogP) is 3.48. The van der Waals surface area contributed by atoms with Crippen molar-refractivity contribution >= 4 is 27.5 Å². The van der Waals surface area contributed by atoms with E-state index < -0.39 is 6.04 Å². The van der Waals surface area contributed by atoms with Crippen LogP contribution in [0.15, 0.2) is 35.4 Å². The molecule has 0 saturated heterocycles. The van der Waals surface area contributed by atoms with Crippen LogP contribution in [-0.2, 0) is 11.3 Å². The first-order valence-corrected chi connectivity index (χ1v) is 9.19. The molecule has 136 valence electrons. The van der Waals surface area contributed by atoms with Gasteiger partial charge in [-0.2, -0.15) is 0 Å². The van der Waals surface area contributed by atoms with Crippen molar-refractivity contribution in [1.82, 2.24) is 14.9 Å². The van der Waals surface area contributed by atoms with Crippen LogP contribution < -0.4 is 10.9 Å². The van der Waals surface area contributed by atoms with Crippen molar-refractivity contribution in [3.63, 3.8) is 0 Å². The van der Waals surface area contributed by atoms with Gasteiger partial charge in [0.15, 0.2) is 0 Å². The molecule has 0 radical (unpaired) electrons. The second-order valence-corrected chi connectivity index (χ2v) is 7.47. The molecule has 0 aliphatic carbocycles. The van der Waals surface area contributed by atoms with Gasteiger partial charge in [0.2, 0.25) is 5.91 Å². The normalized spacial score (nSPS) is 12.3. The zero-order valence-electron chi connectivity index (χ0n) is 14.9. The first kappa shape index (κ1) is 18.3. The van der Waals surface area contributed by atoms with E-state index in [1.54, 1.807) is 25.1 Å². The molecule has 0 bridgehead atoms. The van der Waals surface area contributed by atoms with Crippen LogP contribution in [0.5, 0.6) is 0 Å². The quantitative estimate of drug-likeness (QED) is 0.745. The number of fused-ring (bicyclic) bond motifs is 1. The smallest absolute Gasteiger partial charge is 0.262 e. The summed E-state index contributed by atoms with van der Waals surface area (Å²) in [4.78, 5) is 30.9. The van der Waals surface area contributed by atoms with Crippen LogP contribution in [0, 0.1) is 19.7 Å². The minimum atomic E-state index is -0.442. The Kier molecular flexibility index (Phi) is 5.18. The molecule has 0 aliphatic rings. The number of nitrogens with zero attached hydrogens (tertiary/aromatic N) is 2. The molecule has 0 fully saturated rings. The van der Waals surface area contributed by atoms with Crippen molar-refractivity contribution in [3.8, 4) is 0 Å². The Morgan fingerprint density at radius 2 is 2.08 bits per heavy atom. The summed E-state index contributed by atoms with van der Waals surface area (Å²) >= 11 is 1.49. The van der Waals surface area contributed by atoms with E-state index >= 15 is 0 Å². The Bertz CT molecular complexity index is 1030. The number of aryl methyl sites for hydroxylation is 3. The zero-order chi connectivity index (χ0) is 18.8. The van der Waals surface area contributed by atoms with Crippen LogP contribution in [0.1, 0.15) is 35.4 Å². The highest BCUT2D eigenvalue weighted by molar-refractivity contribution is 7.18. The number of benzene rings is 1. The lowest BCUT2D eigenvalue weighted by Gasteiger charge is -2.15. The zero-order valence-corrected chi connectivity index (χ0v) is 15.7. The monoisotopic (exact) mass is 373 g/mol. The SMILES string of the molecule is Cc1sc2ncn(CCC(=O)NC(C)c3ccccc3F)c(=O)c2c1C. The highest BCUT2D eigenvalue weighted by atomic mass is 32.1. The molecular weight excluding hydrogens is 353 g/mol.